The molecule has 0 bridgehead atoms. The van der Waals surface area contributed by atoms with E-state index in [0.29, 0.717) is 12.5 Å². The predicted octanol–water partition coefficient (Wildman–Crippen LogP) is 1.54. The van der Waals surface area contributed by atoms with Gasteiger partial charge in [-0.3, -0.25) is 9.69 Å². The molecule has 1 heterocycles. The molecule has 2 rings (SSSR count). The summed E-state index contributed by atoms with van der Waals surface area (Å²) in [4.78, 5) is 20.3. The topological polar surface area (TPSA) is 87.9 Å². The number of hydrogen-bond donors (Lipinski definition) is 2. The fourth-order valence-electron chi connectivity index (χ4n) is 3.34. The summed E-state index contributed by atoms with van der Waals surface area (Å²) < 4.78 is 0. The number of primary amides is 1. The lowest BCUT2D eigenvalue weighted by molar-refractivity contribution is -0.123. The lowest BCUT2D eigenvalue weighted by Crippen LogP contribution is -2.40. The number of aliphatic imine (C=N–C) groups is 1. The molecule has 0 aromatic heterocycles. The summed E-state index contributed by atoms with van der Waals surface area (Å²) in [6, 6.07) is 8.43. The first-order valence-corrected chi connectivity index (χ1v) is 9.17. The lowest BCUT2D eigenvalue weighted by Gasteiger charge is -2.31. The van der Waals surface area contributed by atoms with Crippen molar-refractivity contribution in [3.05, 3.63) is 35.4 Å². The fraction of sp³-hybridized carbons (Fsp3) is 0.579. The number of nitrogens with two attached hydrogens (primary N) is 2. The van der Waals surface area contributed by atoms with Crippen LogP contribution in [0.1, 0.15) is 37.8 Å². The van der Waals surface area contributed by atoms with Gasteiger partial charge in [-0.05, 0) is 44.4 Å². The molecule has 1 aromatic rings. The molecule has 0 saturated carbocycles. The largest absolute Gasteiger partial charge is 0.370 e. The van der Waals surface area contributed by atoms with Crippen LogP contribution in [-0.4, -0.2) is 47.8 Å². The standard InChI is InChI=1S/C19H31N5O/c1-3-24(4-2)19(21)22-12-15-7-5-8-16(11-15)13-23-10-6-9-17(14-23)18(20)25/h5,7-8,11,17H,3-4,6,9-10,12-14H2,1-2H3,(H2,20,25)(H2,21,22). The lowest BCUT2D eigenvalue weighted by atomic mass is 9.97. The quantitative estimate of drug-likeness (QED) is 0.579. The molecule has 6 nitrogen and oxygen atoms in total. The van der Waals surface area contributed by atoms with Crippen molar-refractivity contribution < 1.29 is 4.79 Å². The molecular formula is C19H31N5O. The molecule has 1 saturated heterocycles. The first-order chi connectivity index (χ1) is 12.0. The van der Waals surface area contributed by atoms with E-state index in [1.165, 1.54) is 5.56 Å². The van der Waals surface area contributed by atoms with Gasteiger partial charge in [0, 0.05) is 26.2 Å². The van der Waals surface area contributed by atoms with Gasteiger partial charge in [0.15, 0.2) is 5.96 Å². The van der Waals surface area contributed by atoms with Gasteiger partial charge in [0.05, 0.1) is 12.5 Å². The zero-order valence-corrected chi connectivity index (χ0v) is 15.4. The highest BCUT2D eigenvalue weighted by atomic mass is 16.1. The van der Waals surface area contributed by atoms with Gasteiger partial charge in [-0.1, -0.05) is 24.3 Å². The molecule has 0 radical (unpaired) electrons. The third-order valence-electron chi connectivity index (χ3n) is 4.82. The Labute approximate surface area is 150 Å². The van der Waals surface area contributed by atoms with Crippen LogP contribution in [-0.2, 0) is 17.9 Å². The molecule has 4 N–H and O–H groups in total. The van der Waals surface area contributed by atoms with Crippen molar-refractivity contribution in [3.63, 3.8) is 0 Å². The molecule has 6 heteroatoms. The zero-order valence-electron chi connectivity index (χ0n) is 15.4. The van der Waals surface area contributed by atoms with E-state index < -0.39 is 0 Å². The minimum Gasteiger partial charge on any atom is -0.370 e. The number of guanidine groups is 1. The minimum absolute atomic E-state index is 0.0181. The average molecular weight is 345 g/mol. The van der Waals surface area contributed by atoms with E-state index in [-0.39, 0.29) is 11.8 Å². The van der Waals surface area contributed by atoms with E-state index in [4.69, 9.17) is 11.5 Å². The van der Waals surface area contributed by atoms with Gasteiger partial charge in [-0.2, -0.15) is 0 Å². The van der Waals surface area contributed by atoms with Crippen molar-refractivity contribution in [3.8, 4) is 0 Å². The SMILES string of the molecule is CCN(CC)C(N)=NCc1cccc(CN2CCCC(C(N)=O)C2)c1. The number of amides is 1. The molecule has 1 fully saturated rings. The number of nitrogens with zero attached hydrogens (tertiary/aromatic N) is 3. The zero-order chi connectivity index (χ0) is 18.2. The van der Waals surface area contributed by atoms with Crippen LogP contribution in [0.2, 0.25) is 0 Å². The Morgan fingerprint density at radius 1 is 1.28 bits per heavy atom. The number of likely N-dealkylation sites (tertiary alicyclic amines) is 1. The maximum absolute atomic E-state index is 11.4. The van der Waals surface area contributed by atoms with Crippen molar-refractivity contribution >= 4 is 11.9 Å². The minimum atomic E-state index is -0.181. The van der Waals surface area contributed by atoms with Crippen molar-refractivity contribution in [2.75, 3.05) is 26.2 Å². The second-order valence-corrected chi connectivity index (χ2v) is 6.64. The van der Waals surface area contributed by atoms with Crippen LogP contribution in [0.4, 0.5) is 0 Å². The van der Waals surface area contributed by atoms with Gasteiger partial charge in [0.2, 0.25) is 5.91 Å². The Kier molecular flexibility index (Phi) is 7.25. The first-order valence-electron chi connectivity index (χ1n) is 9.17. The van der Waals surface area contributed by atoms with Gasteiger partial charge < -0.3 is 16.4 Å². The number of benzene rings is 1. The van der Waals surface area contributed by atoms with Gasteiger partial charge in [-0.15, -0.1) is 0 Å². The second kappa shape index (κ2) is 9.42. The molecule has 1 amide bonds. The van der Waals surface area contributed by atoms with Crippen LogP contribution in [0.5, 0.6) is 0 Å². The summed E-state index contributed by atoms with van der Waals surface area (Å²) in [6.45, 7) is 9.07. The van der Waals surface area contributed by atoms with E-state index in [9.17, 15) is 4.79 Å². The molecule has 1 aromatic carbocycles. The van der Waals surface area contributed by atoms with Gasteiger partial charge in [0.25, 0.3) is 0 Å². The molecule has 1 aliphatic rings. The summed E-state index contributed by atoms with van der Waals surface area (Å²) in [7, 11) is 0. The summed E-state index contributed by atoms with van der Waals surface area (Å²) >= 11 is 0. The Morgan fingerprint density at radius 3 is 2.68 bits per heavy atom. The third kappa shape index (κ3) is 5.74. The van der Waals surface area contributed by atoms with Gasteiger partial charge >= 0.3 is 0 Å². The monoisotopic (exact) mass is 345 g/mol. The Bertz CT molecular complexity index is 597. The van der Waals surface area contributed by atoms with Crippen LogP contribution in [0.3, 0.4) is 0 Å². The number of hydrogen-bond acceptors (Lipinski definition) is 3. The molecule has 1 unspecified atom stereocenters. The molecular weight excluding hydrogens is 314 g/mol. The molecule has 0 spiro atoms. The highest BCUT2D eigenvalue weighted by molar-refractivity contribution is 5.78. The van der Waals surface area contributed by atoms with Crippen LogP contribution in [0.15, 0.2) is 29.3 Å². The fourth-order valence-corrected chi connectivity index (χ4v) is 3.34. The number of piperidine rings is 1. The van der Waals surface area contributed by atoms with Crippen LogP contribution in [0.25, 0.3) is 0 Å². The summed E-state index contributed by atoms with van der Waals surface area (Å²) in [5.74, 6) is 0.394. The highest BCUT2D eigenvalue weighted by Gasteiger charge is 2.23. The molecule has 1 atom stereocenters. The van der Waals surface area contributed by atoms with Crippen molar-refractivity contribution in [2.24, 2.45) is 22.4 Å². The number of carbonyl (C=O) groups excluding carboxylic acids is 1. The van der Waals surface area contributed by atoms with Gasteiger partial charge in [0.1, 0.15) is 0 Å². The molecule has 1 aliphatic heterocycles. The van der Waals surface area contributed by atoms with E-state index in [2.05, 4.69) is 48.0 Å². The summed E-state index contributed by atoms with van der Waals surface area (Å²) in [5.41, 5.74) is 13.9. The average Bonchev–Trinajstić information content (AvgIpc) is 2.61. The Hall–Kier alpha value is -2.08. The normalized spacial score (nSPS) is 19.0. The van der Waals surface area contributed by atoms with Gasteiger partial charge in [-0.25, -0.2) is 4.99 Å². The molecule has 138 valence electrons. The summed E-state index contributed by atoms with van der Waals surface area (Å²) in [5, 5.41) is 0. The van der Waals surface area contributed by atoms with Crippen LogP contribution < -0.4 is 11.5 Å². The summed E-state index contributed by atoms with van der Waals surface area (Å²) in [6.07, 6.45) is 1.93. The Balaban J connectivity index is 1.97. The number of carbonyl (C=O) groups is 1. The van der Waals surface area contributed by atoms with Crippen molar-refractivity contribution in [1.29, 1.82) is 0 Å². The second-order valence-electron chi connectivity index (χ2n) is 6.64. The first kappa shape index (κ1) is 19.2. The van der Waals surface area contributed by atoms with E-state index in [1.54, 1.807) is 0 Å². The van der Waals surface area contributed by atoms with Crippen molar-refractivity contribution in [2.45, 2.75) is 39.8 Å². The third-order valence-corrected chi connectivity index (χ3v) is 4.82. The number of rotatable bonds is 7. The maximum Gasteiger partial charge on any atom is 0.221 e. The van der Waals surface area contributed by atoms with Crippen LogP contribution >= 0.6 is 0 Å². The maximum atomic E-state index is 11.4. The van der Waals surface area contributed by atoms with E-state index >= 15 is 0 Å². The molecule has 25 heavy (non-hydrogen) atoms. The predicted molar refractivity (Wildman–Crippen MR) is 102 cm³/mol. The Morgan fingerprint density at radius 2 is 2.00 bits per heavy atom. The highest BCUT2D eigenvalue weighted by Crippen LogP contribution is 2.19. The van der Waals surface area contributed by atoms with E-state index in [1.807, 2.05) is 4.90 Å². The smallest absolute Gasteiger partial charge is 0.221 e. The van der Waals surface area contributed by atoms with Crippen LogP contribution in [0, 0.1) is 5.92 Å². The van der Waals surface area contributed by atoms with E-state index in [0.717, 1.165) is 51.1 Å². The van der Waals surface area contributed by atoms with Crippen molar-refractivity contribution in [1.82, 2.24) is 9.80 Å². The molecule has 0 aliphatic carbocycles.